The number of allylic oxidation sites excluding steroid dienone is 6. The third kappa shape index (κ3) is 69.2. The molecule has 496 valence electrons. The fourth-order valence-corrected chi connectivity index (χ4v) is 12.1. The second-order valence-corrected chi connectivity index (χ2v) is 26.3. The van der Waals surface area contributed by atoms with Crippen molar-refractivity contribution in [3.63, 3.8) is 0 Å². The van der Waals surface area contributed by atoms with Gasteiger partial charge in [0.25, 0.3) is 0 Å². The van der Waals surface area contributed by atoms with Gasteiger partial charge in [0.1, 0.15) is 0 Å². The highest BCUT2D eigenvalue weighted by atomic mass is 16.5. The molecule has 0 fully saturated rings. The van der Waals surface area contributed by atoms with Gasteiger partial charge < -0.3 is 20.3 Å². The zero-order valence-electron chi connectivity index (χ0n) is 56.9. The molecule has 0 aliphatic rings. The van der Waals surface area contributed by atoms with Crippen LogP contribution >= 0.6 is 0 Å². The molecule has 0 aromatic rings. The largest absolute Gasteiger partial charge is 0.466 e. The van der Waals surface area contributed by atoms with E-state index >= 15 is 0 Å². The van der Waals surface area contributed by atoms with Gasteiger partial charge in [0, 0.05) is 12.8 Å². The topological polar surface area (TPSA) is 95.9 Å². The van der Waals surface area contributed by atoms with Crippen molar-refractivity contribution >= 4 is 11.9 Å². The first-order valence-corrected chi connectivity index (χ1v) is 38.2. The summed E-state index contributed by atoms with van der Waals surface area (Å²) in [6, 6.07) is -0.543. The van der Waals surface area contributed by atoms with Gasteiger partial charge >= 0.3 is 5.97 Å². The summed E-state index contributed by atoms with van der Waals surface area (Å²) in [4.78, 5) is 24.7. The van der Waals surface area contributed by atoms with Crippen molar-refractivity contribution in [2.24, 2.45) is 0 Å². The highest BCUT2D eigenvalue weighted by molar-refractivity contribution is 5.76. The Morgan fingerprint density at radius 3 is 0.940 bits per heavy atom. The monoisotopic (exact) mass is 1180 g/mol. The Balaban J connectivity index is 3.38. The molecule has 6 nitrogen and oxygen atoms in total. The number of carbonyl (C=O) groups excluding carboxylic acids is 2. The zero-order chi connectivity index (χ0) is 60.6. The van der Waals surface area contributed by atoms with Gasteiger partial charge in [-0.25, -0.2) is 0 Å². The smallest absolute Gasteiger partial charge is 0.305 e. The number of hydrogen-bond acceptors (Lipinski definition) is 5. The molecule has 0 heterocycles. The van der Waals surface area contributed by atoms with Crippen LogP contribution in [0.1, 0.15) is 425 Å². The summed E-state index contributed by atoms with van der Waals surface area (Å²) in [5.74, 6) is -0.0214. The predicted molar refractivity (Wildman–Crippen MR) is 370 cm³/mol. The Labute approximate surface area is 525 Å². The number of ether oxygens (including phenoxy) is 1. The molecule has 0 saturated heterocycles. The number of nitrogens with one attached hydrogen (secondary N) is 1. The molecule has 2 atom stereocenters. The van der Waals surface area contributed by atoms with Crippen molar-refractivity contribution in [2.75, 3.05) is 13.2 Å². The number of aliphatic hydroxyl groups excluding tert-OH is 2. The zero-order valence-corrected chi connectivity index (χ0v) is 56.9. The lowest BCUT2D eigenvalue weighted by Crippen LogP contribution is -2.45. The molecule has 3 N–H and O–H groups in total. The summed E-state index contributed by atoms with van der Waals surface area (Å²) < 4.78 is 5.50. The fourth-order valence-electron chi connectivity index (χ4n) is 12.1. The molecule has 0 aromatic carbocycles. The lowest BCUT2D eigenvalue weighted by Gasteiger charge is -2.22. The van der Waals surface area contributed by atoms with Crippen molar-refractivity contribution in [1.82, 2.24) is 5.32 Å². The standard InChI is InChI=1S/C78H149NO5/c1-3-5-7-9-11-13-15-17-19-21-22-23-32-35-39-42-46-50-54-58-62-66-70-76(81)75(74-80)79-77(82)71-67-63-59-55-51-47-43-40-36-33-30-28-26-24-25-27-29-31-34-37-41-45-49-53-57-61-65-69-73-84-78(83)72-68-64-60-56-52-48-44-38-20-18-16-14-12-10-8-6-4-2/h12,14,18,20,24-25,75-76,80-81H,3-11,13,15-17,19,21-23,26-74H2,1-2H3,(H,79,82)/b14-12-,20-18-,25-24-. The third-order valence-electron chi connectivity index (χ3n) is 17.9. The predicted octanol–water partition coefficient (Wildman–Crippen LogP) is 25.0. The lowest BCUT2D eigenvalue weighted by atomic mass is 10.0. The van der Waals surface area contributed by atoms with E-state index in [4.69, 9.17) is 4.74 Å². The second kappa shape index (κ2) is 73.5. The lowest BCUT2D eigenvalue weighted by molar-refractivity contribution is -0.143. The highest BCUT2D eigenvalue weighted by Crippen LogP contribution is 2.19. The van der Waals surface area contributed by atoms with Crippen LogP contribution in [-0.2, 0) is 14.3 Å². The van der Waals surface area contributed by atoms with Crippen molar-refractivity contribution in [2.45, 2.75) is 437 Å². The molecule has 0 aliphatic heterocycles. The first-order chi connectivity index (χ1) is 41.5. The van der Waals surface area contributed by atoms with Crippen LogP contribution in [0, 0.1) is 0 Å². The summed E-state index contributed by atoms with van der Waals surface area (Å²) in [7, 11) is 0. The van der Waals surface area contributed by atoms with Crippen molar-refractivity contribution in [1.29, 1.82) is 0 Å². The van der Waals surface area contributed by atoms with E-state index in [1.807, 2.05) is 0 Å². The fraction of sp³-hybridized carbons (Fsp3) is 0.897. The van der Waals surface area contributed by atoms with Crippen LogP contribution in [0.15, 0.2) is 36.5 Å². The van der Waals surface area contributed by atoms with Gasteiger partial charge in [0.2, 0.25) is 5.91 Å². The van der Waals surface area contributed by atoms with Gasteiger partial charge in [-0.1, -0.05) is 365 Å². The second-order valence-electron chi connectivity index (χ2n) is 26.3. The maximum atomic E-state index is 12.6. The summed E-state index contributed by atoms with van der Waals surface area (Å²) in [5.41, 5.74) is 0. The van der Waals surface area contributed by atoms with Crippen molar-refractivity contribution in [3.05, 3.63) is 36.5 Å². The number of rotatable bonds is 72. The molecule has 0 aliphatic carbocycles. The van der Waals surface area contributed by atoms with Gasteiger partial charge in [-0.2, -0.15) is 0 Å². The van der Waals surface area contributed by atoms with Gasteiger partial charge in [-0.15, -0.1) is 0 Å². The minimum atomic E-state index is -0.666. The Hall–Kier alpha value is -1.92. The molecule has 6 heteroatoms. The number of aliphatic hydroxyl groups is 2. The van der Waals surface area contributed by atoms with E-state index in [1.165, 1.54) is 340 Å². The Kier molecular flexibility index (Phi) is 71.9. The average Bonchev–Trinajstić information content (AvgIpc) is 3.51. The minimum absolute atomic E-state index is 0.00882. The molecule has 0 bridgehead atoms. The summed E-state index contributed by atoms with van der Waals surface area (Å²) in [6.07, 6.45) is 95.0. The average molecular weight is 1180 g/mol. The quantitative estimate of drug-likeness (QED) is 0.0320. The van der Waals surface area contributed by atoms with E-state index in [2.05, 4.69) is 55.6 Å². The molecule has 0 radical (unpaired) electrons. The Morgan fingerprint density at radius 2 is 0.595 bits per heavy atom. The number of carbonyl (C=O) groups is 2. The Bertz CT molecular complexity index is 1360. The molecular formula is C78H149NO5. The molecule has 0 saturated carbocycles. The maximum Gasteiger partial charge on any atom is 0.305 e. The third-order valence-corrected chi connectivity index (χ3v) is 17.9. The molecule has 84 heavy (non-hydrogen) atoms. The highest BCUT2D eigenvalue weighted by Gasteiger charge is 2.20. The molecular weight excluding hydrogens is 1030 g/mol. The molecule has 0 aromatic heterocycles. The van der Waals surface area contributed by atoms with E-state index in [-0.39, 0.29) is 18.5 Å². The van der Waals surface area contributed by atoms with E-state index in [0.29, 0.717) is 25.9 Å². The molecule has 2 unspecified atom stereocenters. The molecule has 0 rings (SSSR count). The summed E-state index contributed by atoms with van der Waals surface area (Å²) in [6.45, 7) is 4.97. The van der Waals surface area contributed by atoms with Crippen LogP contribution in [0.25, 0.3) is 0 Å². The number of unbranched alkanes of at least 4 members (excludes halogenated alkanes) is 55. The Morgan fingerprint density at radius 1 is 0.333 bits per heavy atom. The van der Waals surface area contributed by atoms with E-state index in [1.54, 1.807) is 0 Å². The number of esters is 1. The van der Waals surface area contributed by atoms with Crippen LogP contribution in [0.2, 0.25) is 0 Å². The summed E-state index contributed by atoms with van der Waals surface area (Å²) in [5, 5.41) is 23.5. The minimum Gasteiger partial charge on any atom is -0.466 e. The van der Waals surface area contributed by atoms with Crippen LogP contribution in [-0.4, -0.2) is 47.4 Å². The van der Waals surface area contributed by atoms with Crippen molar-refractivity contribution in [3.8, 4) is 0 Å². The maximum absolute atomic E-state index is 12.6. The molecule has 1 amide bonds. The van der Waals surface area contributed by atoms with Crippen molar-refractivity contribution < 1.29 is 24.5 Å². The molecule has 0 spiro atoms. The van der Waals surface area contributed by atoms with Crippen LogP contribution < -0.4 is 5.32 Å². The van der Waals surface area contributed by atoms with Gasteiger partial charge in [-0.3, -0.25) is 9.59 Å². The van der Waals surface area contributed by atoms with Gasteiger partial charge in [0.15, 0.2) is 0 Å². The van der Waals surface area contributed by atoms with E-state index < -0.39 is 12.1 Å². The van der Waals surface area contributed by atoms with Crippen LogP contribution in [0.4, 0.5) is 0 Å². The first kappa shape index (κ1) is 82.1. The number of hydrogen-bond donors (Lipinski definition) is 3. The number of amides is 1. The van der Waals surface area contributed by atoms with Gasteiger partial charge in [-0.05, 0) is 83.5 Å². The summed E-state index contributed by atoms with van der Waals surface area (Å²) >= 11 is 0. The van der Waals surface area contributed by atoms with Crippen LogP contribution in [0.5, 0.6) is 0 Å². The van der Waals surface area contributed by atoms with E-state index in [9.17, 15) is 19.8 Å². The SMILES string of the molecule is CCCCC/C=C\C/C=C\CCCCCCCCCC(=O)OCCCCCCCCCCCCCC/C=C\CCCCCCCCCCCCCCC(=O)NC(CO)C(O)CCCCCCCCCCCCCCCCCCCCCCCC. The van der Waals surface area contributed by atoms with E-state index in [0.717, 1.165) is 51.4 Å². The van der Waals surface area contributed by atoms with Crippen LogP contribution in [0.3, 0.4) is 0 Å². The normalized spacial score (nSPS) is 12.7. The first-order valence-electron chi connectivity index (χ1n) is 38.2. The van der Waals surface area contributed by atoms with Gasteiger partial charge in [0.05, 0.1) is 25.4 Å².